The Morgan fingerprint density at radius 3 is 2.48 bits per heavy atom. The molecular formula is C18H30N4O4S. The van der Waals surface area contributed by atoms with E-state index in [2.05, 4.69) is 15.6 Å². The van der Waals surface area contributed by atoms with E-state index < -0.39 is 5.97 Å². The fourth-order valence-electron chi connectivity index (χ4n) is 2.17. The highest BCUT2D eigenvalue weighted by Crippen LogP contribution is 2.14. The summed E-state index contributed by atoms with van der Waals surface area (Å²) < 4.78 is 4.81. The van der Waals surface area contributed by atoms with Gasteiger partial charge in [0.1, 0.15) is 17.2 Å². The molecule has 0 atom stereocenters. The highest BCUT2D eigenvalue weighted by atomic mass is 32.1. The lowest BCUT2D eigenvalue weighted by molar-refractivity contribution is -0.141. The van der Waals surface area contributed by atoms with E-state index in [0.29, 0.717) is 29.7 Å². The second-order valence-electron chi connectivity index (χ2n) is 6.97. The van der Waals surface area contributed by atoms with Gasteiger partial charge in [0, 0.05) is 18.5 Å². The Morgan fingerprint density at radius 1 is 1.19 bits per heavy atom. The number of carbonyl (C=O) groups excluding carboxylic acids is 3. The molecule has 27 heavy (non-hydrogen) atoms. The molecule has 0 aromatic carbocycles. The summed E-state index contributed by atoms with van der Waals surface area (Å²) in [6.07, 6.45) is 0. The summed E-state index contributed by atoms with van der Waals surface area (Å²) in [5, 5.41) is 7.74. The zero-order valence-corrected chi connectivity index (χ0v) is 17.5. The summed E-state index contributed by atoms with van der Waals surface area (Å²) in [6, 6.07) is -0.363. The first-order chi connectivity index (χ1) is 12.7. The van der Waals surface area contributed by atoms with Crippen molar-refractivity contribution in [3.8, 4) is 0 Å². The quantitative estimate of drug-likeness (QED) is 0.589. The van der Waals surface area contributed by atoms with E-state index in [4.69, 9.17) is 4.74 Å². The Bertz CT molecular complexity index is 631. The molecule has 1 aromatic rings. The fraction of sp³-hybridized carbons (Fsp3) is 0.667. The van der Waals surface area contributed by atoms with Gasteiger partial charge in [0.05, 0.1) is 13.2 Å². The van der Waals surface area contributed by atoms with E-state index in [1.165, 1.54) is 11.3 Å². The lowest BCUT2D eigenvalue weighted by Crippen LogP contribution is -2.43. The van der Waals surface area contributed by atoms with Crippen molar-refractivity contribution in [2.45, 2.75) is 41.2 Å². The molecule has 1 heterocycles. The van der Waals surface area contributed by atoms with Gasteiger partial charge in [-0.2, -0.15) is 0 Å². The van der Waals surface area contributed by atoms with Crippen molar-refractivity contribution >= 4 is 29.2 Å². The second-order valence-corrected chi connectivity index (χ2v) is 7.91. The van der Waals surface area contributed by atoms with Crippen molar-refractivity contribution in [3.05, 3.63) is 16.1 Å². The summed E-state index contributed by atoms with van der Waals surface area (Å²) in [4.78, 5) is 41.8. The number of hydrogen-bond acceptors (Lipinski definition) is 6. The smallest absolute Gasteiger partial charge is 0.325 e. The maximum Gasteiger partial charge on any atom is 0.325 e. The van der Waals surface area contributed by atoms with Crippen LogP contribution in [0.1, 0.15) is 50.1 Å². The van der Waals surface area contributed by atoms with E-state index in [0.717, 1.165) is 0 Å². The summed E-state index contributed by atoms with van der Waals surface area (Å²) in [7, 11) is 0. The van der Waals surface area contributed by atoms with Crippen LogP contribution in [-0.2, 0) is 16.1 Å². The van der Waals surface area contributed by atoms with E-state index in [-0.39, 0.29) is 37.6 Å². The lowest BCUT2D eigenvalue weighted by atomic mass is 10.2. The molecule has 8 nitrogen and oxygen atoms in total. The van der Waals surface area contributed by atoms with Gasteiger partial charge in [-0.25, -0.2) is 9.78 Å². The van der Waals surface area contributed by atoms with Crippen molar-refractivity contribution in [2.24, 2.45) is 11.8 Å². The Labute approximate surface area is 164 Å². The molecule has 0 aliphatic carbocycles. The molecule has 0 saturated heterocycles. The van der Waals surface area contributed by atoms with E-state index in [9.17, 15) is 14.4 Å². The molecule has 9 heteroatoms. The molecule has 0 spiro atoms. The van der Waals surface area contributed by atoms with Crippen molar-refractivity contribution in [1.29, 1.82) is 0 Å². The predicted octanol–water partition coefficient (Wildman–Crippen LogP) is 2.26. The fourth-order valence-corrected chi connectivity index (χ4v) is 2.96. The average Bonchev–Trinajstić information content (AvgIpc) is 3.05. The van der Waals surface area contributed by atoms with Crippen molar-refractivity contribution in [1.82, 2.24) is 20.5 Å². The van der Waals surface area contributed by atoms with Crippen LogP contribution in [0, 0.1) is 11.8 Å². The molecule has 0 aliphatic rings. The van der Waals surface area contributed by atoms with Gasteiger partial charge in [-0.1, -0.05) is 27.7 Å². The molecule has 152 valence electrons. The third-order valence-corrected chi connectivity index (χ3v) is 4.18. The zero-order chi connectivity index (χ0) is 20.4. The summed E-state index contributed by atoms with van der Waals surface area (Å²) in [5.41, 5.74) is 0.354. The number of esters is 1. The van der Waals surface area contributed by atoms with Crippen LogP contribution in [0.15, 0.2) is 5.38 Å². The number of aromatic nitrogens is 1. The Morgan fingerprint density at radius 2 is 1.89 bits per heavy atom. The second kappa shape index (κ2) is 11.5. The van der Waals surface area contributed by atoms with Gasteiger partial charge in [-0.05, 0) is 18.8 Å². The van der Waals surface area contributed by atoms with Gasteiger partial charge in [0.2, 0.25) is 0 Å². The molecule has 0 unspecified atom stereocenters. The van der Waals surface area contributed by atoms with Gasteiger partial charge in [-0.15, -0.1) is 11.3 Å². The summed E-state index contributed by atoms with van der Waals surface area (Å²) in [5.74, 6) is -0.0918. The number of nitrogens with one attached hydrogen (secondary N) is 2. The van der Waals surface area contributed by atoms with Crippen LogP contribution in [0.5, 0.6) is 0 Å². The number of ether oxygens (including phenoxy) is 1. The molecule has 1 rings (SSSR count). The largest absolute Gasteiger partial charge is 0.465 e. The highest BCUT2D eigenvalue weighted by molar-refractivity contribution is 7.09. The molecular weight excluding hydrogens is 368 g/mol. The first-order valence-corrected chi connectivity index (χ1v) is 10.0. The van der Waals surface area contributed by atoms with Gasteiger partial charge in [-0.3, -0.25) is 9.59 Å². The number of thiazole rings is 1. The lowest BCUT2D eigenvalue weighted by Gasteiger charge is -2.23. The molecule has 0 aliphatic heterocycles. The number of rotatable bonds is 10. The highest BCUT2D eigenvalue weighted by Gasteiger charge is 2.19. The molecule has 0 fully saturated rings. The number of urea groups is 1. The average molecular weight is 399 g/mol. The van der Waals surface area contributed by atoms with Crippen LogP contribution in [0.3, 0.4) is 0 Å². The molecule has 0 radical (unpaired) electrons. The van der Waals surface area contributed by atoms with Crippen LogP contribution in [0.2, 0.25) is 0 Å². The standard InChI is InChI=1S/C18H30N4O4S/c1-6-26-16(23)8-20-18(25)22(9-13(4)5)10-15-21-14(11-27-15)17(24)19-7-12(2)3/h11-13H,6-10H2,1-5H3,(H,19,24)(H,20,25). The maximum atomic E-state index is 12.4. The van der Waals surface area contributed by atoms with Crippen molar-refractivity contribution in [3.63, 3.8) is 0 Å². The maximum absolute atomic E-state index is 12.4. The first kappa shape index (κ1) is 22.9. The minimum atomic E-state index is -0.478. The van der Waals surface area contributed by atoms with Crippen LogP contribution in [0.4, 0.5) is 4.79 Å². The number of amides is 3. The predicted molar refractivity (Wildman–Crippen MR) is 105 cm³/mol. The van der Waals surface area contributed by atoms with Crippen LogP contribution >= 0.6 is 11.3 Å². The third-order valence-electron chi connectivity index (χ3n) is 3.34. The molecule has 3 amide bonds. The normalized spacial score (nSPS) is 10.8. The number of carbonyl (C=O) groups is 3. The zero-order valence-electron chi connectivity index (χ0n) is 16.7. The SMILES string of the molecule is CCOC(=O)CNC(=O)N(Cc1nc(C(=O)NCC(C)C)cs1)CC(C)C. The van der Waals surface area contributed by atoms with Crippen LogP contribution in [0.25, 0.3) is 0 Å². The van der Waals surface area contributed by atoms with Gasteiger partial charge < -0.3 is 20.3 Å². The van der Waals surface area contributed by atoms with Crippen molar-refractivity contribution < 1.29 is 19.1 Å². The Hall–Kier alpha value is -2.16. The van der Waals surface area contributed by atoms with Crippen molar-refractivity contribution in [2.75, 3.05) is 26.2 Å². The van der Waals surface area contributed by atoms with E-state index in [1.807, 2.05) is 27.7 Å². The Kier molecular flexibility index (Phi) is 9.77. The van der Waals surface area contributed by atoms with Crippen LogP contribution < -0.4 is 10.6 Å². The Balaban J connectivity index is 2.69. The number of nitrogens with zero attached hydrogens (tertiary/aromatic N) is 2. The van der Waals surface area contributed by atoms with Gasteiger partial charge in [0.25, 0.3) is 5.91 Å². The summed E-state index contributed by atoms with van der Waals surface area (Å²) in [6.45, 7) is 11.2. The molecule has 2 N–H and O–H groups in total. The number of hydrogen-bond donors (Lipinski definition) is 2. The molecule has 1 aromatic heterocycles. The minimum absolute atomic E-state index is 0.179. The van der Waals surface area contributed by atoms with E-state index in [1.54, 1.807) is 17.2 Å². The minimum Gasteiger partial charge on any atom is -0.465 e. The molecule has 0 bridgehead atoms. The third kappa shape index (κ3) is 8.85. The first-order valence-electron chi connectivity index (χ1n) is 9.13. The van der Waals surface area contributed by atoms with Gasteiger partial charge in [0.15, 0.2) is 0 Å². The monoisotopic (exact) mass is 398 g/mol. The van der Waals surface area contributed by atoms with E-state index >= 15 is 0 Å². The topological polar surface area (TPSA) is 101 Å². The van der Waals surface area contributed by atoms with Crippen LogP contribution in [-0.4, -0.2) is 54.0 Å². The van der Waals surface area contributed by atoms with Gasteiger partial charge >= 0.3 is 12.0 Å². The summed E-state index contributed by atoms with van der Waals surface area (Å²) >= 11 is 1.33. The molecule has 0 saturated carbocycles.